The van der Waals surface area contributed by atoms with Gasteiger partial charge in [-0.25, -0.2) is 0 Å². The van der Waals surface area contributed by atoms with Crippen molar-refractivity contribution in [2.24, 2.45) is 0 Å². The molecule has 0 saturated heterocycles. The number of aryl methyl sites for hydroxylation is 2. The van der Waals surface area contributed by atoms with Gasteiger partial charge in [-0.15, -0.1) is 0 Å². The number of carbonyl (C=O) groups excluding carboxylic acids is 1. The van der Waals surface area contributed by atoms with Crippen molar-refractivity contribution in [2.45, 2.75) is 27.0 Å². The van der Waals surface area contributed by atoms with Crippen LogP contribution in [0, 0.1) is 13.8 Å². The highest BCUT2D eigenvalue weighted by atomic mass is 35.5. The lowest BCUT2D eigenvalue weighted by molar-refractivity contribution is 0.0950. The second-order valence-electron chi connectivity index (χ2n) is 6.23. The third-order valence-electron chi connectivity index (χ3n) is 4.37. The Labute approximate surface area is 168 Å². The van der Waals surface area contributed by atoms with Gasteiger partial charge in [-0.1, -0.05) is 35.0 Å². The van der Waals surface area contributed by atoms with Gasteiger partial charge in [0.25, 0.3) is 5.91 Å². The Morgan fingerprint density at radius 1 is 1.18 bits per heavy atom. The van der Waals surface area contributed by atoms with Gasteiger partial charge in [0, 0.05) is 28.3 Å². The molecule has 0 saturated carbocycles. The van der Waals surface area contributed by atoms with E-state index >= 15 is 0 Å². The van der Waals surface area contributed by atoms with E-state index in [1.807, 2.05) is 38.1 Å². The quantitative estimate of drug-likeness (QED) is 0.633. The predicted molar refractivity (Wildman–Crippen MR) is 106 cm³/mol. The number of nitrogens with one attached hydrogen (secondary N) is 1. The number of halogens is 1. The normalized spacial score (nSPS) is 10.6. The van der Waals surface area contributed by atoms with Gasteiger partial charge in [0.05, 0.1) is 12.8 Å². The summed E-state index contributed by atoms with van der Waals surface area (Å²) >= 11 is 6.15. The van der Waals surface area contributed by atoms with Crippen LogP contribution in [0.1, 0.15) is 32.9 Å². The molecular formula is C21H21ClN2O4. The monoisotopic (exact) mass is 400 g/mol. The number of amides is 1. The molecule has 0 unspecified atom stereocenters. The standard InChI is InChI=1S/C21H21ClN2O4/c1-13-17(14(2)28-24-13)11-23-21(25)15-8-9-19(20(10-15)26-3)27-12-16-6-4-5-7-18(16)22/h4-10H,11-12H2,1-3H3,(H,23,25). The summed E-state index contributed by atoms with van der Waals surface area (Å²) in [5.74, 6) is 1.47. The number of ether oxygens (including phenoxy) is 2. The highest BCUT2D eigenvalue weighted by molar-refractivity contribution is 6.31. The van der Waals surface area contributed by atoms with Crippen LogP contribution in [-0.2, 0) is 13.2 Å². The van der Waals surface area contributed by atoms with Gasteiger partial charge in [-0.2, -0.15) is 0 Å². The number of aromatic nitrogens is 1. The van der Waals surface area contributed by atoms with E-state index in [0.29, 0.717) is 41.0 Å². The van der Waals surface area contributed by atoms with Gasteiger partial charge < -0.3 is 19.3 Å². The maximum Gasteiger partial charge on any atom is 0.251 e. The van der Waals surface area contributed by atoms with Crippen LogP contribution < -0.4 is 14.8 Å². The van der Waals surface area contributed by atoms with Crippen LogP contribution in [0.4, 0.5) is 0 Å². The lowest BCUT2D eigenvalue weighted by Crippen LogP contribution is -2.23. The lowest BCUT2D eigenvalue weighted by atomic mass is 10.1. The van der Waals surface area contributed by atoms with Crippen LogP contribution in [0.5, 0.6) is 11.5 Å². The Morgan fingerprint density at radius 2 is 1.96 bits per heavy atom. The number of nitrogens with zero attached hydrogens (tertiary/aromatic N) is 1. The minimum atomic E-state index is -0.226. The van der Waals surface area contributed by atoms with Gasteiger partial charge in [0.15, 0.2) is 11.5 Å². The van der Waals surface area contributed by atoms with Gasteiger partial charge in [0.1, 0.15) is 12.4 Å². The minimum Gasteiger partial charge on any atom is -0.493 e. The van der Waals surface area contributed by atoms with Gasteiger partial charge in [0.2, 0.25) is 0 Å². The summed E-state index contributed by atoms with van der Waals surface area (Å²) in [7, 11) is 1.53. The zero-order chi connectivity index (χ0) is 20.1. The zero-order valence-electron chi connectivity index (χ0n) is 15.9. The highest BCUT2D eigenvalue weighted by Gasteiger charge is 2.14. The van der Waals surface area contributed by atoms with E-state index in [9.17, 15) is 4.79 Å². The fourth-order valence-corrected chi connectivity index (χ4v) is 2.91. The summed E-state index contributed by atoms with van der Waals surface area (Å²) in [6.45, 7) is 4.29. The minimum absolute atomic E-state index is 0.226. The summed E-state index contributed by atoms with van der Waals surface area (Å²) in [5.41, 5.74) is 2.97. The molecule has 7 heteroatoms. The molecule has 0 aliphatic rings. The summed E-state index contributed by atoms with van der Waals surface area (Å²) in [6, 6.07) is 12.5. The van der Waals surface area contributed by atoms with Crippen molar-refractivity contribution in [3.8, 4) is 11.5 Å². The molecule has 0 aliphatic heterocycles. The molecule has 0 aliphatic carbocycles. The number of hydrogen-bond donors (Lipinski definition) is 1. The second-order valence-corrected chi connectivity index (χ2v) is 6.64. The van der Waals surface area contributed by atoms with Crippen molar-refractivity contribution in [2.75, 3.05) is 7.11 Å². The topological polar surface area (TPSA) is 73.6 Å². The van der Waals surface area contributed by atoms with E-state index < -0.39 is 0 Å². The van der Waals surface area contributed by atoms with Crippen molar-refractivity contribution in [1.29, 1.82) is 0 Å². The molecule has 1 N–H and O–H groups in total. The van der Waals surface area contributed by atoms with Gasteiger partial charge >= 0.3 is 0 Å². The van der Waals surface area contributed by atoms with Crippen LogP contribution >= 0.6 is 11.6 Å². The highest BCUT2D eigenvalue weighted by Crippen LogP contribution is 2.29. The molecule has 3 rings (SSSR count). The molecular weight excluding hydrogens is 380 g/mol. The van der Waals surface area contributed by atoms with Crippen LogP contribution in [0.3, 0.4) is 0 Å². The van der Waals surface area contributed by atoms with Crippen LogP contribution in [0.2, 0.25) is 5.02 Å². The first-order chi connectivity index (χ1) is 13.5. The number of carbonyl (C=O) groups is 1. The molecule has 0 fully saturated rings. The van der Waals surface area contributed by atoms with Crippen molar-refractivity contribution >= 4 is 17.5 Å². The number of methoxy groups -OCH3 is 1. The van der Waals surface area contributed by atoms with E-state index in [-0.39, 0.29) is 5.91 Å². The molecule has 3 aromatic rings. The maximum absolute atomic E-state index is 12.5. The molecule has 0 radical (unpaired) electrons. The summed E-state index contributed by atoms with van der Waals surface area (Å²) in [5, 5.41) is 7.39. The molecule has 28 heavy (non-hydrogen) atoms. The van der Waals surface area contributed by atoms with Crippen molar-refractivity contribution in [3.63, 3.8) is 0 Å². The molecule has 0 bridgehead atoms. The molecule has 6 nitrogen and oxygen atoms in total. The van der Waals surface area contributed by atoms with Crippen LogP contribution in [0.15, 0.2) is 47.0 Å². The second kappa shape index (κ2) is 8.80. The van der Waals surface area contributed by atoms with Crippen LogP contribution in [0.25, 0.3) is 0 Å². The third kappa shape index (κ3) is 4.46. The van der Waals surface area contributed by atoms with E-state index in [1.165, 1.54) is 7.11 Å². The van der Waals surface area contributed by atoms with Crippen molar-refractivity contribution in [3.05, 3.63) is 75.6 Å². The molecule has 146 valence electrons. The summed E-state index contributed by atoms with van der Waals surface area (Å²) in [6.07, 6.45) is 0. The van der Waals surface area contributed by atoms with Crippen molar-refractivity contribution in [1.82, 2.24) is 10.5 Å². The van der Waals surface area contributed by atoms with E-state index in [1.54, 1.807) is 18.2 Å². The number of benzene rings is 2. The molecule has 0 spiro atoms. The molecule has 1 amide bonds. The molecule has 0 atom stereocenters. The smallest absolute Gasteiger partial charge is 0.251 e. The Morgan fingerprint density at radius 3 is 2.64 bits per heavy atom. The third-order valence-corrected chi connectivity index (χ3v) is 4.74. The Bertz CT molecular complexity index is 965. The van der Waals surface area contributed by atoms with Crippen molar-refractivity contribution < 1.29 is 18.8 Å². The first-order valence-electron chi connectivity index (χ1n) is 8.73. The lowest BCUT2D eigenvalue weighted by Gasteiger charge is -2.13. The fourth-order valence-electron chi connectivity index (χ4n) is 2.72. The largest absolute Gasteiger partial charge is 0.493 e. The van der Waals surface area contributed by atoms with E-state index in [2.05, 4.69) is 10.5 Å². The predicted octanol–water partition coefficient (Wildman–Crippen LogP) is 4.46. The summed E-state index contributed by atoms with van der Waals surface area (Å²) in [4.78, 5) is 12.5. The Kier molecular flexibility index (Phi) is 6.21. The maximum atomic E-state index is 12.5. The Balaban J connectivity index is 1.68. The summed E-state index contributed by atoms with van der Waals surface area (Å²) < 4.78 is 16.3. The number of rotatable bonds is 7. The first-order valence-corrected chi connectivity index (χ1v) is 9.11. The molecule has 2 aromatic carbocycles. The zero-order valence-corrected chi connectivity index (χ0v) is 16.7. The number of hydrogen-bond acceptors (Lipinski definition) is 5. The SMILES string of the molecule is COc1cc(C(=O)NCc2c(C)noc2C)ccc1OCc1ccccc1Cl. The average molecular weight is 401 g/mol. The fraction of sp³-hybridized carbons (Fsp3) is 0.238. The van der Waals surface area contributed by atoms with Crippen LogP contribution in [-0.4, -0.2) is 18.2 Å². The first kappa shape index (κ1) is 19.8. The molecule has 1 aromatic heterocycles. The van der Waals surface area contributed by atoms with E-state index in [4.69, 9.17) is 25.6 Å². The average Bonchev–Trinajstić information content (AvgIpc) is 3.03. The molecule has 1 heterocycles. The Hall–Kier alpha value is -2.99. The van der Waals surface area contributed by atoms with Gasteiger partial charge in [-0.05, 0) is 38.1 Å². The van der Waals surface area contributed by atoms with E-state index in [0.717, 1.165) is 16.8 Å². The van der Waals surface area contributed by atoms with Gasteiger partial charge in [-0.3, -0.25) is 4.79 Å².